The van der Waals surface area contributed by atoms with Crippen molar-refractivity contribution in [3.8, 4) is 0 Å². The highest BCUT2D eigenvalue weighted by atomic mass is 32.2. The third-order valence-electron chi connectivity index (χ3n) is 4.88. The van der Waals surface area contributed by atoms with Gasteiger partial charge in [0.15, 0.2) is 0 Å². The predicted molar refractivity (Wildman–Crippen MR) is 118 cm³/mol. The molecule has 1 aliphatic heterocycles. The Morgan fingerprint density at radius 3 is 2.27 bits per heavy atom. The van der Waals surface area contributed by atoms with E-state index in [0.29, 0.717) is 28.9 Å². The minimum absolute atomic E-state index is 0.0151. The number of likely N-dealkylation sites (tertiary alicyclic amines) is 1. The van der Waals surface area contributed by atoms with E-state index in [9.17, 15) is 18.0 Å². The average molecular weight is 430 g/mol. The highest BCUT2D eigenvalue weighted by Gasteiger charge is 2.18. The molecule has 1 aliphatic rings. The molecule has 0 spiro atoms. The summed E-state index contributed by atoms with van der Waals surface area (Å²) in [5.41, 5.74) is 1.71. The number of benzene rings is 2. The molecule has 0 aliphatic carbocycles. The number of hydrogen-bond donors (Lipinski definition) is 2. The van der Waals surface area contributed by atoms with Crippen molar-refractivity contribution in [2.75, 3.05) is 28.9 Å². The summed E-state index contributed by atoms with van der Waals surface area (Å²) in [5.74, 6) is -0.395. The van der Waals surface area contributed by atoms with E-state index in [4.69, 9.17) is 0 Å². The van der Waals surface area contributed by atoms with E-state index in [1.54, 1.807) is 49.4 Å². The SMILES string of the molecule is CCCS(=O)(=O)Nc1cccc(C(=O)Nc2cccc(C(=O)N3CCCCC3)c2)c1. The van der Waals surface area contributed by atoms with Crippen LogP contribution in [0.15, 0.2) is 48.5 Å². The second kappa shape index (κ2) is 9.75. The number of sulfonamides is 1. The summed E-state index contributed by atoms with van der Waals surface area (Å²) in [6.07, 6.45) is 3.68. The van der Waals surface area contributed by atoms with Crippen molar-refractivity contribution in [1.82, 2.24) is 4.90 Å². The largest absolute Gasteiger partial charge is 0.339 e. The lowest BCUT2D eigenvalue weighted by Gasteiger charge is -2.26. The van der Waals surface area contributed by atoms with Crippen LogP contribution >= 0.6 is 0 Å². The first kappa shape index (κ1) is 21.8. The first-order chi connectivity index (χ1) is 14.4. The van der Waals surface area contributed by atoms with Crippen LogP contribution in [0.4, 0.5) is 11.4 Å². The summed E-state index contributed by atoms with van der Waals surface area (Å²) < 4.78 is 26.4. The molecule has 1 saturated heterocycles. The number of nitrogens with one attached hydrogen (secondary N) is 2. The lowest BCUT2D eigenvalue weighted by atomic mass is 10.1. The number of rotatable bonds is 7. The second-order valence-electron chi connectivity index (χ2n) is 7.39. The van der Waals surface area contributed by atoms with Crippen LogP contribution in [0, 0.1) is 0 Å². The van der Waals surface area contributed by atoms with Crippen molar-refractivity contribution < 1.29 is 18.0 Å². The molecule has 0 bridgehead atoms. The normalized spacial score (nSPS) is 14.2. The summed E-state index contributed by atoms with van der Waals surface area (Å²) in [4.78, 5) is 27.2. The minimum atomic E-state index is -3.44. The van der Waals surface area contributed by atoms with Crippen LogP contribution in [0.1, 0.15) is 53.3 Å². The molecule has 8 heteroatoms. The Morgan fingerprint density at radius 2 is 1.57 bits per heavy atom. The van der Waals surface area contributed by atoms with Crippen molar-refractivity contribution in [2.24, 2.45) is 0 Å². The van der Waals surface area contributed by atoms with Gasteiger partial charge in [0, 0.05) is 35.6 Å². The maximum Gasteiger partial charge on any atom is 0.255 e. The van der Waals surface area contributed by atoms with Gasteiger partial charge in [0.25, 0.3) is 11.8 Å². The van der Waals surface area contributed by atoms with Gasteiger partial charge >= 0.3 is 0 Å². The summed E-state index contributed by atoms with van der Waals surface area (Å²) in [5, 5.41) is 2.78. The third-order valence-corrected chi connectivity index (χ3v) is 6.37. The number of carbonyl (C=O) groups excluding carboxylic acids is 2. The smallest absolute Gasteiger partial charge is 0.255 e. The van der Waals surface area contributed by atoms with Crippen molar-refractivity contribution in [1.29, 1.82) is 0 Å². The van der Waals surface area contributed by atoms with Gasteiger partial charge in [0.05, 0.1) is 5.75 Å². The van der Waals surface area contributed by atoms with Crippen LogP contribution in [-0.4, -0.2) is 44.0 Å². The molecule has 0 atom stereocenters. The van der Waals surface area contributed by atoms with Crippen LogP contribution in [0.25, 0.3) is 0 Å². The second-order valence-corrected chi connectivity index (χ2v) is 9.23. The molecule has 0 saturated carbocycles. The molecule has 2 amide bonds. The zero-order valence-corrected chi connectivity index (χ0v) is 17.9. The molecule has 2 aromatic carbocycles. The van der Waals surface area contributed by atoms with Crippen molar-refractivity contribution in [3.63, 3.8) is 0 Å². The fourth-order valence-corrected chi connectivity index (χ4v) is 4.56. The Morgan fingerprint density at radius 1 is 0.933 bits per heavy atom. The lowest BCUT2D eigenvalue weighted by molar-refractivity contribution is 0.0724. The Balaban J connectivity index is 1.70. The van der Waals surface area contributed by atoms with Crippen LogP contribution in [0.3, 0.4) is 0 Å². The van der Waals surface area contributed by atoms with Crippen molar-refractivity contribution in [3.05, 3.63) is 59.7 Å². The van der Waals surface area contributed by atoms with Gasteiger partial charge in [-0.1, -0.05) is 19.1 Å². The molecule has 2 N–H and O–H groups in total. The number of anilines is 2. The van der Waals surface area contributed by atoms with E-state index in [2.05, 4.69) is 10.0 Å². The minimum Gasteiger partial charge on any atom is -0.339 e. The Hall–Kier alpha value is -2.87. The van der Waals surface area contributed by atoms with E-state index in [1.165, 1.54) is 6.07 Å². The highest BCUT2D eigenvalue weighted by molar-refractivity contribution is 7.92. The summed E-state index contributed by atoms with van der Waals surface area (Å²) in [7, 11) is -3.44. The topological polar surface area (TPSA) is 95.6 Å². The molecule has 30 heavy (non-hydrogen) atoms. The number of amides is 2. The van der Waals surface area contributed by atoms with E-state index in [-0.39, 0.29) is 17.6 Å². The zero-order chi connectivity index (χ0) is 21.6. The van der Waals surface area contributed by atoms with Gasteiger partial charge in [-0.05, 0) is 62.1 Å². The summed E-state index contributed by atoms with van der Waals surface area (Å²) >= 11 is 0. The first-order valence-electron chi connectivity index (χ1n) is 10.2. The highest BCUT2D eigenvalue weighted by Crippen LogP contribution is 2.18. The molecule has 1 heterocycles. The van der Waals surface area contributed by atoms with Crippen LogP contribution in [-0.2, 0) is 10.0 Å². The molecule has 2 aromatic rings. The molecule has 7 nitrogen and oxygen atoms in total. The molecule has 0 aromatic heterocycles. The average Bonchev–Trinajstić information content (AvgIpc) is 2.74. The number of carbonyl (C=O) groups is 2. The monoisotopic (exact) mass is 429 g/mol. The fourth-order valence-electron chi connectivity index (χ4n) is 3.44. The van der Waals surface area contributed by atoms with Gasteiger partial charge in [-0.15, -0.1) is 0 Å². The van der Waals surface area contributed by atoms with Crippen LogP contribution < -0.4 is 10.0 Å². The van der Waals surface area contributed by atoms with Gasteiger partial charge in [-0.3, -0.25) is 14.3 Å². The van der Waals surface area contributed by atoms with Crippen molar-refractivity contribution >= 4 is 33.2 Å². The van der Waals surface area contributed by atoms with Gasteiger partial charge in [0.2, 0.25) is 10.0 Å². The Kier molecular flexibility index (Phi) is 7.10. The van der Waals surface area contributed by atoms with E-state index < -0.39 is 10.0 Å². The maximum atomic E-state index is 12.7. The third kappa shape index (κ3) is 5.82. The molecule has 0 radical (unpaired) electrons. The summed E-state index contributed by atoms with van der Waals surface area (Å²) in [6.45, 7) is 3.31. The Labute approximate surface area is 177 Å². The van der Waals surface area contributed by atoms with E-state index in [0.717, 1.165) is 32.4 Å². The number of hydrogen-bond acceptors (Lipinski definition) is 4. The molecular formula is C22H27N3O4S. The van der Waals surface area contributed by atoms with Gasteiger partial charge in [-0.25, -0.2) is 8.42 Å². The molecule has 3 rings (SSSR count). The van der Waals surface area contributed by atoms with Crippen LogP contribution in [0.2, 0.25) is 0 Å². The summed E-state index contributed by atoms with van der Waals surface area (Å²) in [6, 6.07) is 13.2. The number of piperidine rings is 1. The van der Waals surface area contributed by atoms with E-state index >= 15 is 0 Å². The van der Waals surface area contributed by atoms with E-state index in [1.807, 2.05) is 4.90 Å². The fraction of sp³-hybridized carbons (Fsp3) is 0.364. The molecule has 160 valence electrons. The maximum absolute atomic E-state index is 12.7. The molecule has 1 fully saturated rings. The molecule has 0 unspecified atom stereocenters. The number of nitrogens with zero attached hydrogens (tertiary/aromatic N) is 1. The van der Waals surface area contributed by atoms with Crippen LogP contribution in [0.5, 0.6) is 0 Å². The predicted octanol–water partition coefficient (Wildman–Crippen LogP) is 3.72. The van der Waals surface area contributed by atoms with Gasteiger partial charge in [0.1, 0.15) is 0 Å². The van der Waals surface area contributed by atoms with Gasteiger partial charge in [-0.2, -0.15) is 0 Å². The van der Waals surface area contributed by atoms with Gasteiger partial charge < -0.3 is 10.2 Å². The first-order valence-corrected chi connectivity index (χ1v) is 11.8. The lowest BCUT2D eigenvalue weighted by Crippen LogP contribution is -2.35. The quantitative estimate of drug-likeness (QED) is 0.701. The standard InChI is InChI=1S/C22H27N3O4S/c1-2-14-30(28,29)24-20-11-6-8-17(15-20)21(26)23-19-10-7-9-18(16-19)22(27)25-12-4-3-5-13-25/h6-11,15-16,24H,2-5,12-14H2,1H3,(H,23,26). The van der Waals surface area contributed by atoms with Crippen molar-refractivity contribution in [2.45, 2.75) is 32.6 Å². The Bertz CT molecular complexity index is 1010. The molecular weight excluding hydrogens is 402 g/mol. The zero-order valence-electron chi connectivity index (χ0n) is 17.1.